The first-order valence-corrected chi connectivity index (χ1v) is 10.5. The second kappa shape index (κ2) is 7.86. The van der Waals surface area contributed by atoms with E-state index in [1.165, 1.54) is 11.2 Å². The zero-order valence-electron chi connectivity index (χ0n) is 17.8. The van der Waals surface area contributed by atoms with E-state index in [9.17, 15) is 14.7 Å². The molecule has 0 radical (unpaired) electrons. The maximum atomic E-state index is 13.5. The van der Waals surface area contributed by atoms with Crippen molar-refractivity contribution in [1.29, 1.82) is 0 Å². The van der Waals surface area contributed by atoms with E-state index in [4.69, 9.17) is 20.4 Å². The average molecular weight is 463 g/mol. The minimum absolute atomic E-state index is 0.0111. The Bertz CT molecular complexity index is 1400. The number of hydrogen-bond acceptors (Lipinski definition) is 6. The van der Waals surface area contributed by atoms with Gasteiger partial charge in [-0.25, -0.2) is 0 Å². The normalized spacial score (nSPS) is 16.2. The molecule has 1 atom stereocenters. The molecular weight excluding hydrogens is 444 g/mol. The molecule has 0 aliphatic carbocycles. The summed E-state index contributed by atoms with van der Waals surface area (Å²) in [5.74, 6) is -1.62. The number of anilines is 2. The van der Waals surface area contributed by atoms with Crippen molar-refractivity contribution >= 4 is 45.6 Å². The number of ketones is 1. The van der Waals surface area contributed by atoms with E-state index in [2.05, 4.69) is 0 Å². The third-order valence-electron chi connectivity index (χ3n) is 5.61. The second-order valence-corrected chi connectivity index (χ2v) is 8.32. The van der Waals surface area contributed by atoms with E-state index in [1.807, 2.05) is 31.1 Å². The molecule has 1 amide bonds. The Morgan fingerprint density at radius 3 is 2.52 bits per heavy atom. The highest BCUT2D eigenvalue weighted by Crippen LogP contribution is 2.42. The van der Waals surface area contributed by atoms with Gasteiger partial charge < -0.3 is 18.8 Å². The fourth-order valence-corrected chi connectivity index (χ4v) is 4.17. The van der Waals surface area contributed by atoms with Crippen LogP contribution in [0.15, 0.2) is 87.1 Å². The number of rotatable bonds is 5. The quantitative estimate of drug-likeness (QED) is 0.392. The number of Topliss-reactive ketones (excluding diaryl/α,β-unsaturated/α-hetero) is 1. The molecule has 8 heteroatoms. The van der Waals surface area contributed by atoms with Gasteiger partial charge in [0.1, 0.15) is 17.4 Å². The highest BCUT2D eigenvalue weighted by Gasteiger charge is 2.46. The second-order valence-electron chi connectivity index (χ2n) is 7.89. The molecule has 33 heavy (non-hydrogen) atoms. The van der Waals surface area contributed by atoms with Gasteiger partial charge in [-0.15, -0.1) is 0 Å². The molecule has 1 unspecified atom stereocenters. The van der Waals surface area contributed by atoms with Gasteiger partial charge in [-0.3, -0.25) is 14.5 Å². The summed E-state index contributed by atoms with van der Waals surface area (Å²) in [6.07, 6.45) is 1.45. The molecule has 1 aliphatic heterocycles. The van der Waals surface area contributed by atoms with E-state index in [1.54, 1.807) is 48.5 Å². The van der Waals surface area contributed by atoms with Crippen molar-refractivity contribution in [2.24, 2.45) is 0 Å². The average Bonchev–Trinajstić information content (AvgIpc) is 3.52. The Kier molecular flexibility index (Phi) is 4.98. The summed E-state index contributed by atoms with van der Waals surface area (Å²) in [7, 11) is 3.82. The summed E-state index contributed by atoms with van der Waals surface area (Å²) in [6.45, 7) is 0. The van der Waals surface area contributed by atoms with E-state index in [0.717, 1.165) is 5.69 Å². The van der Waals surface area contributed by atoms with Crippen molar-refractivity contribution in [2.45, 2.75) is 6.04 Å². The number of nitrogens with zero attached hydrogens (tertiary/aromatic N) is 2. The number of aliphatic hydroxyl groups excluding tert-OH is 1. The third kappa shape index (κ3) is 3.47. The summed E-state index contributed by atoms with van der Waals surface area (Å²) in [5, 5.41) is 11.9. The lowest BCUT2D eigenvalue weighted by atomic mass is 9.99. The van der Waals surface area contributed by atoms with Gasteiger partial charge in [0.25, 0.3) is 5.91 Å². The molecule has 0 saturated heterocycles. The van der Waals surface area contributed by atoms with E-state index >= 15 is 0 Å². The van der Waals surface area contributed by atoms with Crippen molar-refractivity contribution in [1.82, 2.24) is 0 Å². The molecule has 7 nitrogen and oxygen atoms in total. The topological polar surface area (TPSA) is 87.1 Å². The minimum atomic E-state index is -0.956. The third-order valence-corrected chi connectivity index (χ3v) is 5.85. The Hall–Kier alpha value is -3.97. The Labute approximate surface area is 194 Å². The molecule has 0 fully saturated rings. The maximum Gasteiger partial charge on any atom is 0.294 e. The monoisotopic (exact) mass is 462 g/mol. The Morgan fingerprint density at radius 2 is 1.85 bits per heavy atom. The number of fused-ring (bicyclic) bond motifs is 1. The summed E-state index contributed by atoms with van der Waals surface area (Å²) in [6, 6.07) is 16.1. The molecule has 4 aromatic rings. The fourth-order valence-electron chi connectivity index (χ4n) is 3.99. The lowest BCUT2D eigenvalue weighted by Crippen LogP contribution is -2.30. The van der Waals surface area contributed by atoms with Crippen LogP contribution in [0.25, 0.3) is 11.0 Å². The fraction of sp³-hybridized carbons (Fsp3) is 0.120. The van der Waals surface area contributed by atoms with Gasteiger partial charge in [-0.2, -0.15) is 0 Å². The maximum absolute atomic E-state index is 13.5. The number of carbonyl (C=O) groups excluding carboxylic acids is 2. The van der Waals surface area contributed by atoms with Gasteiger partial charge in [-0.05, 0) is 60.7 Å². The van der Waals surface area contributed by atoms with Crippen LogP contribution in [-0.2, 0) is 4.79 Å². The first-order chi connectivity index (χ1) is 15.8. The number of benzene rings is 2. The Morgan fingerprint density at radius 1 is 1.09 bits per heavy atom. The predicted octanol–water partition coefficient (Wildman–Crippen LogP) is 5.53. The van der Waals surface area contributed by atoms with Crippen LogP contribution in [0.1, 0.15) is 22.4 Å². The largest absolute Gasteiger partial charge is 0.503 e. The number of carbonyl (C=O) groups is 2. The summed E-state index contributed by atoms with van der Waals surface area (Å²) >= 11 is 6.04. The first kappa shape index (κ1) is 20.9. The molecule has 3 heterocycles. The number of amides is 1. The number of furan rings is 2. The molecule has 166 valence electrons. The molecule has 0 saturated carbocycles. The zero-order valence-corrected chi connectivity index (χ0v) is 18.5. The van der Waals surface area contributed by atoms with Crippen LogP contribution in [-0.4, -0.2) is 30.9 Å². The number of halogens is 1. The number of hydrogen-bond donors (Lipinski definition) is 1. The summed E-state index contributed by atoms with van der Waals surface area (Å²) in [4.78, 5) is 29.9. The Balaban J connectivity index is 1.60. The molecule has 2 aromatic heterocycles. The highest BCUT2D eigenvalue weighted by atomic mass is 35.5. The van der Waals surface area contributed by atoms with Crippen LogP contribution >= 0.6 is 11.6 Å². The molecule has 0 spiro atoms. The van der Waals surface area contributed by atoms with Gasteiger partial charge in [0, 0.05) is 35.9 Å². The van der Waals surface area contributed by atoms with Crippen LogP contribution in [0.4, 0.5) is 11.4 Å². The minimum Gasteiger partial charge on any atom is -0.503 e. The smallest absolute Gasteiger partial charge is 0.294 e. The van der Waals surface area contributed by atoms with Gasteiger partial charge in [0.05, 0.1) is 11.8 Å². The van der Waals surface area contributed by atoms with E-state index in [0.29, 0.717) is 27.4 Å². The van der Waals surface area contributed by atoms with Crippen molar-refractivity contribution in [2.75, 3.05) is 23.9 Å². The van der Waals surface area contributed by atoms with Gasteiger partial charge in [0.15, 0.2) is 11.5 Å². The lowest BCUT2D eigenvalue weighted by molar-refractivity contribution is -0.117. The number of aliphatic hydroxyl groups is 1. The standard InChI is InChI=1S/C25H19ClN2O5/c1-27(2)16-6-8-17(9-7-16)28-22(19-4-3-11-32-19)21(24(30)25(28)31)23(29)20-13-14-12-15(26)5-10-18(14)33-20/h3-13,22,30H,1-2H3. The van der Waals surface area contributed by atoms with Crippen LogP contribution in [0.5, 0.6) is 0 Å². The molecule has 2 aromatic carbocycles. The van der Waals surface area contributed by atoms with Crippen molar-refractivity contribution in [3.05, 3.63) is 94.8 Å². The predicted molar refractivity (Wildman–Crippen MR) is 125 cm³/mol. The van der Waals surface area contributed by atoms with E-state index < -0.39 is 23.5 Å². The van der Waals surface area contributed by atoms with Crippen molar-refractivity contribution < 1.29 is 23.5 Å². The van der Waals surface area contributed by atoms with E-state index in [-0.39, 0.29) is 11.3 Å². The van der Waals surface area contributed by atoms with Gasteiger partial charge >= 0.3 is 0 Å². The summed E-state index contributed by atoms with van der Waals surface area (Å²) in [5.41, 5.74) is 1.81. The van der Waals surface area contributed by atoms with Crippen molar-refractivity contribution in [3.8, 4) is 0 Å². The van der Waals surface area contributed by atoms with Crippen LogP contribution in [0.2, 0.25) is 5.02 Å². The molecule has 1 aliphatic rings. The van der Waals surface area contributed by atoms with Crippen molar-refractivity contribution in [3.63, 3.8) is 0 Å². The van der Waals surface area contributed by atoms with Gasteiger partial charge in [0.2, 0.25) is 5.78 Å². The summed E-state index contributed by atoms with van der Waals surface area (Å²) < 4.78 is 11.3. The van der Waals surface area contributed by atoms with Crippen LogP contribution < -0.4 is 9.80 Å². The SMILES string of the molecule is CN(C)c1ccc(N2C(=O)C(O)=C(C(=O)c3cc4cc(Cl)ccc4o3)C2c2ccco2)cc1. The van der Waals surface area contributed by atoms with Gasteiger partial charge in [-0.1, -0.05) is 11.6 Å². The molecule has 1 N–H and O–H groups in total. The molecule has 5 rings (SSSR count). The van der Waals surface area contributed by atoms with Crippen LogP contribution in [0.3, 0.4) is 0 Å². The highest BCUT2D eigenvalue weighted by molar-refractivity contribution is 6.31. The molecule has 0 bridgehead atoms. The lowest BCUT2D eigenvalue weighted by Gasteiger charge is -2.25. The van der Waals surface area contributed by atoms with Crippen LogP contribution in [0, 0.1) is 0 Å². The first-order valence-electron chi connectivity index (χ1n) is 10.2. The zero-order chi connectivity index (χ0) is 23.3. The molecular formula is C25H19ClN2O5.